The van der Waals surface area contributed by atoms with E-state index >= 15 is 0 Å². The predicted octanol–water partition coefficient (Wildman–Crippen LogP) is 14.3. The van der Waals surface area contributed by atoms with Gasteiger partial charge in [0, 0.05) is 76.6 Å². The van der Waals surface area contributed by atoms with Crippen LogP contribution in [0.25, 0.3) is 0 Å². The molecule has 0 fully saturated rings. The van der Waals surface area contributed by atoms with Crippen molar-refractivity contribution >= 4 is 0 Å². The first-order chi connectivity index (χ1) is 37.9. The topological polar surface area (TPSA) is 83.1 Å². The van der Waals surface area contributed by atoms with Gasteiger partial charge in [0.1, 0.15) is 78.2 Å². The van der Waals surface area contributed by atoms with Gasteiger partial charge in [0.05, 0.1) is 35.5 Å². The third-order valence-corrected chi connectivity index (χ3v) is 14.1. The van der Waals surface area contributed by atoms with Gasteiger partial charge in [-0.15, -0.1) is 0 Å². The Balaban J connectivity index is 1.16. The van der Waals surface area contributed by atoms with Crippen LogP contribution in [-0.4, -0.2) is 35.5 Å². The third-order valence-electron chi connectivity index (χ3n) is 14.1. The molecule has 0 N–H and O–H groups in total. The maximum absolute atomic E-state index is 6.85. The van der Waals surface area contributed by atoms with Crippen molar-refractivity contribution < 1.29 is 42.6 Å². The van der Waals surface area contributed by atoms with Crippen molar-refractivity contribution in [3.63, 3.8) is 0 Å². The molecule has 77 heavy (non-hydrogen) atoms. The minimum absolute atomic E-state index is 0.360. The Morgan fingerprint density at radius 2 is 0.468 bits per heavy atom. The van der Waals surface area contributed by atoms with Gasteiger partial charge >= 0.3 is 0 Å². The minimum atomic E-state index is 0.360. The standard InChI is InChI=1S/C68H64O9/c1-69-60-29-50-26-27-51(60)30-56-34-62(71-3)53(39-66(56)75-43-47-20-12-7-13-21-47)32-58-36-64(73-5)55(41-68(58)77-45-49-24-16-9-17-25-49)33-59-37-63(72-4)54(40-67(59)76-44-48-22-14-8-15-23-48)31-57-35-61(70-2)52(28-50)38-65(57)74-42-46-18-10-6-11-19-46/h6-27,29,34-41H,28,30-33,42-45H2,1-5H3. The molecular formula is C68H64O9. The van der Waals surface area contributed by atoms with Gasteiger partial charge in [0.25, 0.3) is 0 Å². The maximum Gasteiger partial charge on any atom is 0.123 e. The number of ether oxygens (including phenoxy) is 9. The van der Waals surface area contributed by atoms with E-state index in [4.69, 9.17) is 42.6 Å². The second-order valence-corrected chi connectivity index (χ2v) is 19.2. The molecule has 0 spiro atoms. The Morgan fingerprint density at radius 3 is 0.753 bits per heavy atom. The first kappa shape index (κ1) is 51.7. The summed E-state index contributed by atoms with van der Waals surface area (Å²) in [5.74, 6) is 6.54. The maximum atomic E-state index is 6.85. The van der Waals surface area contributed by atoms with Crippen molar-refractivity contribution in [1.29, 1.82) is 0 Å². The van der Waals surface area contributed by atoms with Gasteiger partial charge in [0.2, 0.25) is 0 Å². The lowest BCUT2D eigenvalue weighted by Gasteiger charge is -2.21. The zero-order valence-corrected chi connectivity index (χ0v) is 44.4. The quantitative estimate of drug-likeness (QED) is 0.0885. The minimum Gasteiger partial charge on any atom is -0.496 e. The molecule has 390 valence electrons. The van der Waals surface area contributed by atoms with Crippen LogP contribution < -0.4 is 42.6 Å². The molecule has 9 nitrogen and oxygen atoms in total. The lowest BCUT2D eigenvalue weighted by atomic mass is 9.94. The summed E-state index contributed by atoms with van der Waals surface area (Å²) in [5.41, 5.74) is 13.7. The summed E-state index contributed by atoms with van der Waals surface area (Å²) in [4.78, 5) is 0. The molecule has 0 radical (unpaired) electrons. The molecule has 9 aromatic carbocycles. The number of hydrogen-bond acceptors (Lipinski definition) is 9. The van der Waals surface area contributed by atoms with Crippen LogP contribution in [0.1, 0.15) is 77.9 Å². The Morgan fingerprint density at radius 1 is 0.234 bits per heavy atom. The number of methoxy groups -OCH3 is 5. The van der Waals surface area contributed by atoms with Gasteiger partial charge in [-0.05, 0) is 88.0 Å². The van der Waals surface area contributed by atoms with Crippen molar-refractivity contribution in [3.8, 4) is 51.7 Å². The van der Waals surface area contributed by atoms with Crippen LogP contribution in [0, 0.1) is 0 Å². The molecule has 0 amide bonds. The van der Waals surface area contributed by atoms with Gasteiger partial charge in [0.15, 0.2) is 0 Å². The van der Waals surface area contributed by atoms with Crippen LogP contribution in [0.3, 0.4) is 0 Å². The lowest BCUT2D eigenvalue weighted by Crippen LogP contribution is -2.07. The van der Waals surface area contributed by atoms with Crippen LogP contribution >= 0.6 is 0 Å². The van der Waals surface area contributed by atoms with E-state index in [1.165, 1.54) is 0 Å². The van der Waals surface area contributed by atoms with Crippen LogP contribution in [-0.2, 0) is 58.5 Å². The molecule has 19 rings (SSSR count). The van der Waals surface area contributed by atoms with Crippen LogP contribution in [0.15, 0.2) is 188 Å². The fraction of sp³-hybridized carbons (Fsp3) is 0.206. The monoisotopic (exact) mass is 1020 g/mol. The van der Waals surface area contributed by atoms with Crippen molar-refractivity contribution in [2.24, 2.45) is 0 Å². The highest BCUT2D eigenvalue weighted by molar-refractivity contribution is 5.59. The highest BCUT2D eigenvalue weighted by atomic mass is 16.5. The number of benzene rings is 9. The first-order valence-electron chi connectivity index (χ1n) is 26.0. The van der Waals surface area contributed by atoms with Gasteiger partial charge in [-0.1, -0.05) is 133 Å². The second-order valence-electron chi connectivity index (χ2n) is 19.2. The third kappa shape index (κ3) is 12.7. The molecule has 10 bridgehead atoms. The van der Waals surface area contributed by atoms with Crippen molar-refractivity contribution in [3.05, 3.63) is 266 Å². The molecular weight excluding hydrogens is 961 g/mol. The molecule has 0 heterocycles. The van der Waals surface area contributed by atoms with E-state index in [9.17, 15) is 0 Å². The van der Waals surface area contributed by atoms with Crippen LogP contribution in [0.5, 0.6) is 51.7 Å². The second kappa shape index (κ2) is 24.7. The average molecular weight is 1030 g/mol. The summed E-state index contributed by atoms with van der Waals surface area (Å²) < 4.78 is 58.5. The molecule has 0 saturated carbocycles. The summed E-state index contributed by atoms with van der Waals surface area (Å²) >= 11 is 0. The molecule has 0 aromatic heterocycles. The Labute approximate surface area is 452 Å². The number of rotatable bonds is 17. The van der Waals surface area contributed by atoms with E-state index in [1.54, 1.807) is 35.5 Å². The summed E-state index contributed by atoms with van der Waals surface area (Å²) in [6.07, 6.45) is 2.44. The molecule has 9 heteroatoms. The van der Waals surface area contributed by atoms with Gasteiger partial charge in [-0.3, -0.25) is 0 Å². The van der Waals surface area contributed by atoms with Crippen LogP contribution in [0.2, 0.25) is 0 Å². The molecule has 0 unspecified atom stereocenters. The van der Waals surface area contributed by atoms with E-state index in [2.05, 4.69) is 115 Å². The summed E-state index contributed by atoms with van der Waals surface area (Å²) in [6.45, 7) is 1.48. The largest absolute Gasteiger partial charge is 0.496 e. The van der Waals surface area contributed by atoms with Crippen molar-refractivity contribution in [1.82, 2.24) is 0 Å². The summed E-state index contributed by atoms with van der Waals surface area (Å²) in [5, 5.41) is 0. The predicted molar refractivity (Wildman–Crippen MR) is 302 cm³/mol. The summed E-state index contributed by atoms with van der Waals surface area (Å²) in [7, 11) is 8.57. The van der Waals surface area contributed by atoms with Gasteiger partial charge in [-0.25, -0.2) is 0 Å². The SMILES string of the molecule is COc1cc2c(OCc3ccccc3)cc1Cc1ccc(c(OC)c1)Cc1cc(OC)c(cc1OCc1ccccc1)Cc1cc(OC)c(cc1OCc1ccccc1)Cc1cc(OC)c(cc1OCc1ccccc1)C2. The smallest absolute Gasteiger partial charge is 0.123 e. The van der Waals surface area contributed by atoms with E-state index in [0.29, 0.717) is 81.5 Å². The Kier molecular flexibility index (Phi) is 16.6. The molecule has 9 aromatic rings. The van der Waals surface area contributed by atoms with E-state index in [0.717, 1.165) is 107 Å². The normalized spacial score (nSPS) is 11.9. The number of hydrogen-bond donors (Lipinski definition) is 0. The molecule has 10 aliphatic carbocycles. The first-order valence-corrected chi connectivity index (χ1v) is 26.0. The molecule has 0 saturated heterocycles. The van der Waals surface area contributed by atoms with E-state index in [1.807, 2.05) is 72.8 Å². The van der Waals surface area contributed by atoms with Crippen molar-refractivity contribution in [2.45, 2.75) is 58.5 Å². The lowest BCUT2D eigenvalue weighted by molar-refractivity contribution is 0.299. The van der Waals surface area contributed by atoms with E-state index in [-0.39, 0.29) is 0 Å². The fourth-order valence-electron chi connectivity index (χ4n) is 10.0. The summed E-state index contributed by atoms with van der Waals surface area (Å²) in [6, 6.07) is 64.1. The zero-order valence-electron chi connectivity index (χ0n) is 44.4. The Bertz CT molecular complexity index is 3330. The highest BCUT2D eigenvalue weighted by Crippen LogP contribution is 2.42. The zero-order chi connectivity index (χ0) is 52.9. The van der Waals surface area contributed by atoms with Gasteiger partial charge in [-0.2, -0.15) is 0 Å². The average Bonchev–Trinajstić information content (AvgIpc) is 3.47. The fourth-order valence-corrected chi connectivity index (χ4v) is 10.0. The molecule has 0 atom stereocenters. The molecule has 0 aliphatic heterocycles. The van der Waals surface area contributed by atoms with Crippen LogP contribution in [0.4, 0.5) is 0 Å². The van der Waals surface area contributed by atoms with Crippen molar-refractivity contribution in [2.75, 3.05) is 35.5 Å². The Hall–Kier alpha value is -8.82. The van der Waals surface area contributed by atoms with Gasteiger partial charge < -0.3 is 42.6 Å². The highest BCUT2D eigenvalue weighted by Gasteiger charge is 2.23. The van der Waals surface area contributed by atoms with E-state index < -0.39 is 0 Å². The molecule has 10 aliphatic rings.